The summed E-state index contributed by atoms with van der Waals surface area (Å²) in [6.45, 7) is 13.6. The van der Waals surface area contributed by atoms with Gasteiger partial charge in [0.2, 0.25) is 0 Å². The second-order valence-electron chi connectivity index (χ2n) is 13.5. The molecule has 0 bridgehead atoms. The molecule has 6 heteroatoms. The Morgan fingerprint density at radius 1 is 0.894 bits per heavy atom. The Kier molecular flexibility index (Phi) is 8.21. The molecule has 0 radical (unpaired) electrons. The van der Waals surface area contributed by atoms with Gasteiger partial charge in [-0.25, -0.2) is 14.1 Å². The molecule has 1 aliphatic carbocycles. The van der Waals surface area contributed by atoms with Crippen molar-refractivity contribution in [2.75, 3.05) is 0 Å². The van der Waals surface area contributed by atoms with E-state index in [2.05, 4.69) is 87.6 Å². The maximum atomic E-state index is 14.4. The van der Waals surface area contributed by atoms with Crippen LogP contribution >= 0.6 is 0 Å². The van der Waals surface area contributed by atoms with Crippen LogP contribution in [0.1, 0.15) is 75.4 Å². The molecule has 3 heterocycles. The van der Waals surface area contributed by atoms with Gasteiger partial charge in [0.15, 0.2) is 0 Å². The van der Waals surface area contributed by atoms with E-state index in [0.29, 0.717) is 29.3 Å². The van der Waals surface area contributed by atoms with Crippen molar-refractivity contribution >= 4 is 21.8 Å². The van der Waals surface area contributed by atoms with Crippen LogP contribution in [0.25, 0.3) is 33.3 Å². The first kappa shape index (κ1) is 30.9. The van der Waals surface area contributed by atoms with Crippen molar-refractivity contribution in [2.24, 2.45) is 11.8 Å². The number of nitrogens with zero attached hydrogens (tertiary/aromatic N) is 4. The van der Waals surface area contributed by atoms with Crippen LogP contribution in [0.2, 0.25) is 0 Å². The van der Waals surface area contributed by atoms with E-state index in [1.165, 1.54) is 47.1 Å². The van der Waals surface area contributed by atoms with E-state index in [9.17, 15) is 4.39 Å². The van der Waals surface area contributed by atoms with Crippen molar-refractivity contribution in [3.05, 3.63) is 119 Å². The van der Waals surface area contributed by atoms with Gasteiger partial charge in [-0.1, -0.05) is 57.0 Å². The number of fused-ring (bicyclic) bond motifs is 3. The van der Waals surface area contributed by atoms with Gasteiger partial charge in [0, 0.05) is 52.3 Å². The van der Waals surface area contributed by atoms with Gasteiger partial charge >= 0.3 is 0 Å². The number of unbranched alkanes of at least 4 members (excludes halogenated alkanes) is 1. The maximum absolute atomic E-state index is 14.4. The van der Waals surface area contributed by atoms with E-state index >= 15 is 0 Å². The molecule has 240 valence electrons. The predicted molar refractivity (Wildman–Crippen MR) is 190 cm³/mol. The van der Waals surface area contributed by atoms with E-state index in [-0.39, 0.29) is 5.82 Å². The highest BCUT2D eigenvalue weighted by atomic mass is 19.1. The Morgan fingerprint density at radius 3 is 2.49 bits per heavy atom. The summed E-state index contributed by atoms with van der Waals surface area (Å²) in [6.07, 6.45) is 8.31. The minimum absolute atomic E-state index is 0.323. The first-order chi connectivity index (χ1) is 22.7. The summed E-state index contributed by atoms with van der Waals surface area (Å²) in [5, 5.41) is 7.26. The Labute approximate surface area is 276 Å². The number of aryl methyl sites for hydroxylation is 2. The third-order valence-electron chi connectivity index (χ3n) is 9.84. The van der Waals surface area contributed by atoms with Crippen LogP contribution in [0, 0.1) is 31.5 Å². The summed E-state index contributed by atoms with van der Waals surface area (Å²) in [7, 11) is 0. The summed E-state index contributed by atoms with van der Waals surface area (Å²) < 4.78 is 25.1. The highest BCUT2D eigenvalue weighted by Gasteiger charge is 2.31. The van der Waals surface area contributed by atoms with Crippen LogP contribution in [0.5, 0.6) is 11.5 Å². The highest BCUT2D eigenvalue weighted by Crippen LogP contribution is 2.43. The number of para-hydroxylation sites is 1. The lowest BCUT2D eigenvalue weighted by Crippen LogP contribution is -2.20. The normalized spacial score (nSPS) is 18.2. The van der Waals surface area contributed by atoms with Gasteiger partial charge in [0.25, 0.3) is 0 Å². The minimum atomic E-state index is -0.323. The average Bonchev–Trinajstić information content (AvgIpc) is 3.52. The Balaban J connectivity index is 1.31. The van der Waals surface area contributed by atoms with Crippen LogP contribution in [0.15, 0.2) is 90.6 Å². The van der Waals surface area contributed by atoms with E-state index in [0.717, 1.165) is 58.2 Å². The van der Waals surface area contributed by atoms with Crippen LogP contribution in [-0.2, 0) is 6.42 Å². The summed E-state index contributed by atoms with van der Waals surface area (Å²) >= 11 is 0. The van der Waals surface area contributed by atoms with E-state index in [1.54, 1.807) is 0 Å². The van der Waals surface area contributed by atoms with Crippen molar-refractivity contribution in [1.29, 1.82) is 0 Å². The molecule has 3 aromatic carbocycles. The van der Waals surface area contributed by atoms with Crippen molar-refractivity contribution in [3.63, 3.8) is 0 Å². The minimum Gasteiger partial charge on any atom is -0.457 e. The number of allylic oxidation sites excluding steroid dienone is 2. The Morgan fingerprint density at radius 2 is 1.70 bits per heavy atom. The monoisotopic (exact) mass is 626 g/mol. The quantitative estimate of drug-likeness (QED) is 0.158. The number of benzene rings is 3. The molecule has 0 aliphatic heterocycles. The van der Waals surface area contributed by atoms with Gasteiger partial charge in [-0.2, -0.15) is 5.10 Å². The van der Waals surface area contributed by atoms with Crippen LogP contribution in [0.4, 0.5) is 4.39 Å². The van der Waals surface area contributed by atoms with Crippen molar-refractivity contribution in [2.45, 2.75) is 73.1 Å². The van der Waals surface area contributed by atoms with Gasteiger partial charge in [-0.3, -0.25) is 4.57 Å². The smallest absolute Gasteiger partial charge is 0.140 e. The fraction of sp³-hybridized carbons (Fsp3) is 0.317. The second kappa shape index (κ2) is 12.5. The SMILES string of the molecule is CCCCc1cc(Oc2ccc3c4ccccc4n(-c4cc(F)ccn4)c3c2)cc(-n2nc(C)c(C3C(C)=C[C@H](C)C[C@@H]3C)c2C)c1. The highest BCUT2D eigenvalue weighted by molar-refractivity contribution is 6.09. The van der Waals surface area contributed by atoms with Gasteiger partial charge in [-0.05, 0) is 93.8 Å². The molecule has 0 fully saturated rings. The Hall–Kier alpha value is -4.71. The van der Waals surface area contributed by atoms with E-state index < -0.39 is 0 Å². The molecular weight excluding hydrogens is 583 g/mol. The zero-order chi connectivity index (χ0) is 32.8. The zero-order valence-corrected chi connectivity index (χ0v) is 28.2. The zero-order valence-electron chi connectivity index (χ0n) is 28.2. The summed E-state index contributed by atoms with van der Waals surface area (Å²) in [5.41, 5.74) is 9.19. The standard InChI is InChI=1S/C41H43FN4O/c1-7-8-11-30-20-32(46-29(6)41(28(5)44-46)40-26(3)18-25(2)19-27(40)4)23-34(21-30)47-33-14-15-36-35-12-9-10-13-37(35)45(38(36)24-33)39-22-31(42)16-17-43-39/h9-10,12-18,20-25,27,40H,7-8,11,19H2,1-6H3/t25-,27-,40?/m0/s1. The fourth-order valence-electron chi connectivity index (χ4n) is 7.92. The average molecular weight is 627 g/mol. The van der Waals surface area contributed by atoms with Crippen molar-refractivity contribution < 1.29 is 9.13 Å². The lowest BCUT2D eigenvalue weighted by Gasteiger charge is -2.32. The largest absolute Gasteiger partial charge is 0.457 e. The molecule has 0 saturated carbocycles. The molecular formula is C41H43FN4O. The molecule has 0 amide bonds. The number of hydrogen-bond donors (Lipinski definition) is 0. The second-order valence-corrected chi connectivity index (χ2v) is 13.5. The first-order valence-corrected chi connectivity index (χ1v) is 16.9. The number of ether oxygens (including phenoxy) is 1. The van der Waals surface area contributed by atoms with E-state index in [1.807, 2.05) is 34.9 Å². The molecule has 3 aromatic heterocycles. The van der Waals surface area contributed by atoms with Crippen molar-refractivity contribution in [3.8, 4) is 23.0 Å². The van der Waals surface area contributed by atoms with Crippen LogP contribution in [0.3, 0.4) is 0 Å². The molecule has 47 heavy (non-hydrogen) atoms. The predicted octanol–water partition coefficient (Wildman–Crippen LogP) is 11.0. The summed E-state index contributed by atoms with van der Waals surface area (Å²) in [6, 6.07) is 23.6. The van der Waals surface area contributed by atoms with Gasteiger partial charge < -0.3 is 4.74 Å². The van der Waals surface area contributed by atoms with Crippen molar-refractivity contribution in [1.82, 2.24) is 19.3 Å². The van der Waals surface area contributed by atoms with Crippen LogP contribution in [-0.4, -0.2) is 19.3 Å². The van der Waals surface area contributed by atoms with Gasteiger partial charge in [0.05, 0.1) is 22.4 Å². The summed E-state index contributed by atoms with van der Waals surface area (Å²) in [4.78, 5) is 4.51. The first-order valence-electron chi connectivity index (χ1n) is 16.9. The molecule has 1 aliphatic rings. The van der Waals surface area contributed by atoms with E-state index in [4.69, 9.17) is 9.84 Å². The number of hydrogen-bond acceptors (Lipinski definition) is 3. The third-order valence-corrected chi connectivity index (χ3v) is 9.84. The maximum Gasteiger partial charge on any atom is 0.140 e. The molecule has 0 spiro atoms. The molecule has 3 atom stereocenters. The van der Waals surface area contributed by atoms with Crippen LogP contribution < -0.4 is 4.74 Å². The third kappa shape index (κ3) is 5.75. The molecule has 1 unspecified atom stereocenters. The number of rotatable bonds is 8. The molecule has 5 nitrogen and oxygen atoms in total. The fourth-order valence-corrected chi connectivity index (χ4v) is 7.92. The number of halogens is 1. The molecule has 0 N–H and O–H groups in total. The topological polar surface area (TPSA) is 44.9 Å². The lowest BCUT2D eigenvalue weighted by atomic mass is 9.72. The molecule has 0 saturated heterocycles. The Bertz CT molecular complexity index is 2140. The van der Waals surface area contributed by atoms with Gasteiger partial charge in [-0.15, -0.1) is 0 Å². The summed E-state index contributed by atoms with van der Waals surface area (Å²) in [5.74, 6) is 3.23. The number of pyridine rings is 1. The molecule has 7 rings (SSSR count). The molecule has 6 aromatic rings. The van der Waals surface area contributed by atoms with Gasteiger partial charge in [0.1, 0.15) is 23.1 Å². The number of aromatic nitrogens is 4. The lowest BCUT2D eigenvalue weighted by molar-refractivity contribution is 0.390.